The van der Waals surface area contributed by atoms with E-state index in [2.05, 4.69) is 13.0 Å². The van der Waals surface area contributed by atoms with E-state index in [1.54, 1.807) is 7.11 Å². The van der Waals surface area contributed by atoms with E-state index < -0.39 is 11.6 Å². The molecule has 3 aliphatic rings. The molecule has 0 spiro atoms. The third-order valence-electron chi connectivity index (χ3n) is 7.67. The maximum absolute atomic E-state index is 11.7. The largest absolute Gasteiger partial charge is 0.497 e. The summed E-state index contributed by atoms with van der Waals surface area (Å²) in [5.41, 5.74) is 1.58. The number of carboxylic acids is 1. The highest BCUT2D eigenvalue weighted by molar-refractivity contribution is 5.67. The molecule has 1 aromatic rings. The van der Waals surface area contributed by atoms with Crippen LogP contribution in [-0.4, -0.2) is 23.3 Å². The molecule has 4 rings (SSSR count). The first-order valence-electron chi connectivity index (χ1n) is 9.50. The standard InChI is InChI=1S/C21H28O4/c1-20-9-10-21(24)16-8-5-15(25-2)11-13(16)3-6-18(21)17(20)7-4-14(20)12-19(22)23/h5,8,11,14,17-18,24H,3-4,6-7,9-10,12H2,1-2H3,(H,22,23)/t14-,17?,18-,20-,21+/m1/s1. The lowest BCUT2D eigenvalue weighted by molar-refractivity contribution is -0.145. The van der Waals surface area contributed by atoms with Crippen molar-refractivity contribution < 1.29 is 19.7 Å². The van der Waals surface area contributed by atoms with Crippen LogP contribution in [0, 0.1) is 23.2 Å². The first-order chi connectivity index (χ1) is 11.9. The fraction of sp³-hybridized carbons (Fsp3) is 0.667. The van der Waals surface area contributed by atoms with E-state index in [-0.39, 0.29) is 23.7 Å². The molecule has 3 aliphatic carbocycles. The van der Waals surface area contributed by atoms with Gasteiger partial charge in [0.25, 0.3) is 0 Å². The Hall–Kier alpha value is -1.55. The average Bonchev–Trinajstić information content (AvgIpc) is 2.90. The van der Waals surface area contributed by atoms with Gasteiger partial charge in [-0.2, -0.15) is 0 Å². The van der Waals surface area contributed by atoms with Crippen molar-refractivity contribution >= 4 is 5.97 Å². The van der Waals surface area contributed by atoms with Gasteiger partial charge in [-0.3, -0.25) is 4.79 Å². The summed E-state index contributed by atoms with van der Waals surface area (Å²) >= 11 is 0. The predicted octanol–water partition coefficient (Wildman–Crippen LogP) is 3.75. The van der Waals surface area contributed by atoms with Crippen molar-refractivity contribution in [2.45, 2.75) is 57.5 Å². The molecule has 4 heteroatoms. The topological polar surface area (TPSA) is 66.8 Å². The number of carbonyl (C=O) groups is 1. The second-order valence-electron chi connectivity index (χ2n) is 8.58. The SMILES string of the molecule is COc1ccc2c(c1)CC[C@@H]1C3CC[C@H](CC(=O)O)[C@@]3(C)CC[C@]21O. The average molecular weight is 344 g/mol. The van der Waals surface area contributed by atoms with Crippen molar-refractivity contribution in [3.63, 3.8) is 0 Å². The number of ether oxygens (including phenoxy) is 1. The molecular formula is C21H28O4. The van der Waals surface area contributed by atoms with Crippen LogP contribution in [0.2, 0.25) is 0 Å². The van der Waals surface area contributed by atoms with Crippen LogP contribution in [-0.2, 0) is 16.8 Å². The summed E-state index contributed by atoms with van der Waals surface area (Å²) in [6, 6.07) is 6.07. The maximum atomic E-state index is 11.7. The van der Waals surface area contributed by atoms with Crippen molar-refractivity contribution in [2.24, 2.45) is 23.2 Å². The molecule has 0 amide bonds. The summed E-state index contributed by atoms with van der Waals surface area (Å²) in [5.74, 6) is 1.08. The van der Waals surface area contributed by atoms with E-state index >= 15 is 0 Å². The van der Waals surface area contributed by atoms with Gasteiger partial charge in [0.1, 0.15) is 5.75 Å². The molecule has 2 N–H and O–H groups in total. The van der Waals surface area contributed by atoms with Gasteiger partial charge in [0.05, 0.1) is 12.7 Å². The van der Waals surface area contributed by atoms with E-state index in [4.69, 9.17) is 4.74 Å². The Morgan fingerprint density at radius 2 is 2.04 bits per heavy atom. The number of aryl methyl sites for hydroxylation is 1. The second kappa shape index (κ2) is 5.73. The van der Waals surface area contributed by atoms with Gasteiger partial charge in [0.2, 0.25) is 0 Å². The minimum Gasteiger partial charge on any atom is -0.497 e. The third kappa shape index (κ3) is 2.41. The zero-order valence-electron chi connectivity index (χ0n) is 15.1. The number of fused-ring (bicyclic) bond motifs is 5. The highest BCUT2D eigenvalue weighted by Crippen LogP contribution is 2.64. The van der Waals surface area contributed by atoms with Gasteiger partial charge in [-0.1, -0.05) is 13.0 Å². The van der Waals surface area contributed by atoms with Crippen LogP contribution >= 0.6 is 0 Å². The van der Waals surface area contributed by atoms with E-state index in [0.717, 1.165) is 49.8 Å². The molecule has 136 valence electrons. The summed E-state index contributed by atoms with van der Waals surface area (Å²) in [6.07, 6.45) is 5.90. The van der Waals surface area contributed by atoms with Crippen molar-refractivity contribution in [3.05, 3.63) is 29.3 Å². The molecule has 0 bridgehead atoms. The lowest BCUT2D eigenvalue weighted by Crippen LogP contribution is -2.52. The fourth-order valence-electron chi connectivity index (χ4n) is 6.33. The van der Waals surface area contributed by atoms with E-state index in [1.807, 2.05) is 12.1 Å². The molecule has 25 heavy (non-hydrogen) atoms. The van der Waals surface area contributed by atoms with E-state index in [0.29, 0.717) is 5.92 Å². The molecule has 4 nitrogen and oxygen atoms in total. The Kier molecular flexibility index (Phi) is 3.87. The van der Waals surface area contributed by atoms with Gasteiger partial charge in [0, 0.05) is 6.42 Å². The summed E-state index contributed by atoms with van der Waals surface area (Å²) < 4.78 is 5.35. The minimum atomic E-state index is -0.762. The molecule has 2 saturated carbocycles. The van der Waals surface area contributed by atoms with Crippen LogP contribution in [0.15, 0.2) is 18.2 Å². The van der Waals surface area contributed by atoms with Crippen molar-refractivity contribution in [1.29, 1.82) is 0 Å². The molecule has 0 saturated heterocycles. The lowest BCUT2D eigenvalue weighted by Gasteiger charge is -2.55. The Morgan fingerprint density at radius 1 is 1.24 bits per heavy atom. The number of hydrogen-bond donors (Lipinski definition) is 2. The molecule has 0 aliphatic heterocycles. The summed E-state index contributed by atoms with van der Waals surface area (Å²) in [6.45, 7) is 2.28. The van der Waals surface area contributed by atoms with Crippen LogP contribution in [0.3, 0.4) is 0 Å². The second-order valence-corrected chi connectivity index (χ2v) is 8.58. The molecule has 1 unspecified atom stereocenters. The highest BCUT2D eigenvalue weighted by atomic mass is 16.5. The van der Waals surface area contributed by atoms with Crippen LogP contribution in [0.4, 0.5) is 0 Å². The summed E-state index contributed by atoms with van der Waals surface area (Å²) in [5, 5.41) is 21.0. The molecule has 5 atom stereocenters. The van der Waals surface area contributed by atoms with Gasteiger partial charge >= 0.3 is 5.97 Å². The number of benzene rings is 1. The number of aliphatic carboxylic acids is 1. The van der Waals surface area contributed by atoms with Gasteiger partial charge in [-0.15, -0.1) is 0 Å². The quantitative estimate of drug-likeness (QED) is 0.876. The highest BCUT2D eigenvalue weighted by Gasteiger charge is 2.59. The summed E-state index contributed by atoms with van der Waals surface area (Å²) in [4.78, 5) is 11.3. The number of hydrogen-bond acceptors (Lipinski definition) is 3. The molecule has 1 aromatic carbocycles. The van der Waals surface area contributed by atoms with Gasteiger partial charge < -0.3 is 14.9 Å². The zero-order valence-corrected chi connectivity index (χ0v) is 15.1. The van der Waals surface area contributed by atoms with Crippen LogP contribution in [0.1, 0.15) is 56.6 Å². The Labute approximate surface area is 149 Å². The monoisotopic (exact) mass is 344 g/mol. The maximum Gasteiger partial charge on any atom is 0.303 e. The molecular weight excluding hydrogens is 316 g/mol. The Morgan fingerprint density at radius 3 is 2.76 bits per heavy atom. The number of aliphatic hydroxyl groups is 1. The predicted molar refractivity (Wildman–Crippen MR) is 94.5 cm³/mol. The van der Waals surface area contributed by atoms with Crippen molar-refractivity contribution in [2.75, 3.05) is 7.11 Å². The van der Waals surface area contributed by atoms with Gasteiger partial charge in [-0.25, -0.2) is 0 Å². The van der Waals surface area contributed by atoms with Gasteiger partial charge in [0.15, 0.2) is 0 Å². The Bertz CT molecular complexity index is 699. The van der Waals surface area contributed by atoms with Crippen LogP contribution in [0.5, 0.6) is 5.75 Å². The Balaban J connectivity index is 1.68. The molecule has 0 heterocycles. The van der Waals surface area contributed by atoms with Crippen LogP contribution < -0.4 is 4.74 Å². The number of carboxylic acid groups (broad SMARTS) is 1. The van der Waals surface area contributed by atoms with E-state index in [9.17, 15) is 15.0 Å². The summed E-state index contributed by atoms with van der Waals surface area (Å²) in [7, 11) is 1.68. The smallest absolute Gasteiger partial charge is 0.303 e. The van der Waals surface area contributed by atoms with Crippen molar-refractivity contribution in [3.8, 4) is 5.75 Å². The number of rotatable bonds is 3. The molecule has 2 fully saturated rings. The lowest BCUT2D eigenvalue weighted by atomic mass is 9.52. The van der Waals surface area contributed by atoms with Crippen LogP contribution in [0.25, 0.3) is 0 Å². The van der Waals surface area contributed by atoms with Crippen molar-refractivity contribution in [1.82, 2.24) is 0 Å². The first-order valence-corrected chi connectivity index (χ1v) is 9.50. The number of methoxy groups -OCH3 is 1. The van der Waals surface area contributed by atoms with E-state index in [1.165, 1.54) is 5.56 Å². The fourth-order valence-corrected chi connectivity index (χ4v) is 6.33. The third-order valence-corrected chi connectivity index (χ3v) is 7.67. The molecule has 0 radical (unpaired) electrons. The zero-order chi connectivity index (χ0) is 17.8. The molecule has 0 aromatic heterocycles. The van der Waals surface area contributed by atoms with Gasteiger partial charge in [-0.05, 0) is 85.0 Å². The normalized spacial score (nSPS) is 39.2. The first kappa shape index (κ1) is 16.9. The minimum absolute atomic E-state index is 0.0548.